The van der Waals surface area contributed by atoms with Gasteiger partial charge < -0.3 is 15.5 Å². The van der Waals surface area contributed by atoms with Gasteiger partial charge >= 0.3 is 6.03 Å². The highest BCUT2D eigenvalue weighted by molar-refractivity contribution is 7.09. The number of carbonyl (C=O) groups is 4. The molecule has 1 aromatic rings. The SMILES string of the molecule is O=C1NC(=O)[C@@H](CC(=O)N(Cc2cccs2)C2(C(=O)NC3CCCC3)CCCCC2)N1. The third-order valence-corrected chi connectivity index (χ3v) is 7.60. The van der Waals surface area contributed by atoms with Gasteiger partial charge in [-0.3, -0.25) is 19.7 Å². The minimum atomic E-state index is -0.916. The van der Waals surface area contributed by atoms with E-state index < -0.39 is 23.5 Å². The lowest BCUT2D eigenvalue weighted by Gasteiger charge is -2.45. The molecule has 0 spiro atoms. The van der Waals surface area contributed by atoms with Gasteiger partial charge in [-0.25, -0.2) is 4.79 Å². The van der Waals surface area contributed by atoms with Gasteiger partial charge in [-0.15, -0.1) is 11.3 Å². The van der Waals surface area contributed by atoms with E-state index in [1.54, 1.807) is 16.2 Å². The van der Waals surface area contributed by atoms with Crippen molar-refractivity contribution in [2.75, 3.05) is 0 Å². The number of thiophene rings is 1. The van der Waals surface area contributed by atoms with E-state index in [0.717, 1.165) is 49.8 Å². The van der Waals surface area contributed by atoms with Crippen molar-refractivity contribution < 1.29 is 19.2 Å². The lowest BCUT2D eigenvalue weighted by Crippen LogP contribution is -2.62. The largest absolute Gasteiger partial charge is 0.351 e. The van der Waals surface area contributed by atoms with Gasteiger partial charge in [-0.1, -0.05) is 38.2 Å². The molecule has 3 N–H and O–H groups in total. The zero-order valence-corrected chi connectivity index (χ0v) is 18.5. The Bertz CT molecular complexity index is 829. The van der Waals surface area contributed by atoms with Crippen molar-refractivity contribution in [2.24, 2.45) is 0 Å². The minimum absolute atomic E-state index is 0.0658. The summed E-state index contributed by atoms with van der Waals surface area (Å²) < 4.78 is 0. The Labute approximate surface area is 186 Å². The fraction of sp³-hybridized carbons (Fsp3) is 0.636. The van der Waals surface area contributed by atoms with Crippen LogP contribution in [0.15, 0.2) is 17.5 Å². The predicted molar refractivity (Wildman–Crippen MR) is 116 cm³/mol. The van der Waals surface area contributed by atoms with Gasteiger partial charge in [0.1, 0.15) is 11.6 Å². The Morgan fingerprint density at radius 3 is 2.48 bits per heavy atom. The molecule has 0 bridgehead atoms. The number of urea groups is 1. The molecule has 1 saturated heterocycles. The molecule has 5 amide bonds. The Balaban J connectivity index is 1.61. The fourth-order valence-corrected chi connectivity index (χ4v) is 5.76. The Hall–Kier alpha value is -2.42. The summed E-state index contributed by atoms with van der Waals surface area (Å²) in [7, 11) is 0. The number of hydrogen-bond acceptors (Lipinski definition) is 5. The number of rotatable bonds is 7. The first-order chi connectivity index (χ1) is 15.0. The molecule has 0 aromatic carbocycles. The van der Waals surface area contributed by atoms with Crippen LogP contribution in [0.3, 0.4) is 0 Å². The molecule has 168 valence electrons. The molecule has 3 fully saturated rings. The normalized spacial score (nSPS) is 23.3. The average Bonchev–Trinajstić information content (AvgIpc) is 3.50. The second-order valence-corrected chi connectivity index (χ2v) is 9.86. The van der Waals surface area contributed by atoms with E-state index in [-0.39, 0.29) is 24.3 Å². The summed E-state index contributed by atoms with van der Waals surface area (Å²) in [4.78, 5) is 53.4. The molecule has 3 aliphatic rings. The van der Waals surface area contributed by atoms with Crippen molar-refractivity contribution in [2.45, 2.75) is 88.4 Å². The molecule has 9 heteroatoms. The highest BCUT2D eigenvalue weighted by Gasteiger charge is 2.48. The number of nitrogens with one attached hydrogen (secondary N) is 3. The van der Waals surface area contributed by atoms with Crippen LogP contribution in [0.2, 0.25) is 0 Å². The van der Waals surface area contributed by atoms with Gasteiger partial charge in [-0.05, 0) is 37.1 Å². The van der Waals surface area contributed by atoms with Crippen molar-refractivity contribution in [3.63, 3.8) is 0 Å². The van der Waals surface area contributed by atoms with Crippen LogP contribution in [0.1, 0.15) is 69.1 Å². The van der Waals surface area contributed by atoms with Crippen LogP contribution >= 0.6 is 11.3 Å². The monoisotopic (exact) mass is 446 g/mol. The standard InChI is InChI=1S/C22H30N4O4S/c27-18(13-17-19(28)25-21(30)24-17)26(14-16-9-6-12-31-16)22(10-4-1-5-11-22)20(29)23-15-7-2-3-8-15/h6,9,12,15,17H,1-5,7-8,10-11,13-14H2,(H,23,29)(H2,24,25,28,30)/t17-/m1/s1. The van der Waals surface area contributed by atoms with Crippen molar-refractivity contribution in [1.82, 2.24) is 20.9 Å². The molecule has 4 rings (SSSR count). The summed E-state index contributed by atoms with van der Waals surface area (Å²) in [5.74, 6) is -0.842. The van der Waals surface area contributed by atoms with E-state index >= 15 is 0 Å². The Kier molecular flexibility index (Phi) is 6.60. The Morgan fingerprint density at radius 1 is 1.13 bits per heavy atom. The molecular formula is C22H30N4O4S. The summed E-state index contributed by atoms with van der Waals surface area (Å²) in [5, 5.41) is 9.88. The summed E-state index contributed by atoms with van der Waals surface area (Å²) in [6.07, 6.45) is 8.09. The number of nitrogens with zero attached hydrogens (tertiary/aromatic N) is 1. The van der Waals surface area contributed by atoms with Gasteiger partial charge in [0.25, 0.3) is 5.91 Å². The highest BCUT2D eigenvalue weighted by Crippen LogP contribution is 2.37. The maximum absolute atomic E-state index is 13.7. The van der Waals surface area contributed by atoms with E-state index in [1.165, 1.54) is 0 Å². The summed E-state index contributed by atoms with van der Waals surface area (Å²) in [6, 6.07) is 2.58. The van der Waals surface area contributed by atoms with E-state index in [0.29, 0.717) is 19.4 Å². The first kappa shape index (κ1) is 21.8. The number of hydrogen-bond donors (Lipinski definition) is 3. The number of carbonyl (C=O) groups excluding carboxylic acids is 4. The van der Waals surface area contributed by atoms with Crippen LogP contribution in [-0.2, 0) is 20.9 Å². The zero-order chi connectivity index (χ0) is 21.8. The van der Waals surface area contributed by atoms with Crippen molar-refractivity contribution in [3.05, 3.63) is 22.4 Å². The summed E-state index contributed by atoms with van der Waals surface area (Å²) >= 11 is 1.55. The molecule has 0 unspecified atom stereocenters. The van der Waals surface area contributed by atoms with Gasteiger partial charge in [0.2, 0.25) is 11.8 Å². The fourth-order valence-electron chi connectivity index (χ4n) is 5.07. The third-order valence-electron chi connectivity index (χ3n) is 6.74. The molecular weight excluding hydrogens is 416 g/mol. The Morgan fingerprint density at radius 2 is 1.87 bits per heavy atom. The first-order valence-corrected chi connectivity index (χ1v) is 12.1. The summed E-state index contributed by atoms with van der Waals surface area (Å²) in [5.41, 5.74) is -0.916. The molecule has 1 aliphatic heterocycles. The van der Waals surface area contributed by atoms with Crippen LogP contribution in [0, 0.1) is 0 Å². The van der Waals surface area contributed by atoms with Gasteiger partial charge in [0.05, 0.1) is 13.0 Å². The maximum Gasteiger partial charge on any atom is 0.322 e. The molecule has 0 radical (unpaired) electrons. The maximum atomic E-state index is 13.7. The van der Waals surface area contributed by atoms with Crippen LogP contribution in [0.25, 0.3) is 0 Å². The van der Waals surface area contributed by atoms with Crippen LogP contribution in [-0.4, -0.2) is 46.3 Å². The molecule has 8 nitrogen and oxygen atoms in total. The molecule has 2 heterocycles. The zero-order valence-electron chi connectivity index (χ0n) is 17.7. The van der Waals surface area contributed by atoms with E-state index in [2.05, 4.69) is 16.0 Å². The second-order valence-electron chi connectivity index (χ2n) is 8.83. The molecule has 2 saturated carbocycles. The van der Waals surface area contributed by atoms with Crippen LogP contribution in [0.5, 0.6) is 0 Å². The molecule has 1 atom stereocenters. The molecule has 31 heavy (non-hydrogen) atoms. The number of imide groups is 1. The lowest BCUT2D eigenvalue weighted by molar-refractivity contribution is -0.152. The lowest BCUT2D eigenvalue weighted by atomic mass is 9.78. The van der Waals surface area contributed by atoms with Crippen LogP contribution < -0.4 is 16.0 Å². The van der Waals surface area contributed by atoms with E-state index in [9.17, 15) is 19.2 Å². The smallest absolute Gasteiger partial charge is 0.322 e. The van der Waals surface area contributed by atoms with Crippen LogP contribution in [0.4, 0.5) is 4.79 Å². The van der Waals surface area contributed by atoms with Crippen molar-refractivity contribution in [3.8, 4) is 0 Å². The van der Waals surface area contributed by atoms with Gasteiger partial charge in [0, 0.05) is 10.9 Å². The van der Waals surface area contributed by atoms with Gasteiger partial charge in [0.15, 0.2) is 0 Å². The summed E-state index contributed by atoms with van der Waals surface area (Å²) in [6.45, 7) is 0.330. The molecule has 1 aromatic heterocycles. The van der Waals surface area contributed by atoms with Crippen molar-refractivity contribution in [1.29, 1.82) is 0 Å². The molecule has 2 aliphatic carbocycles. The minimum Gasteiger partial charge on any atom is -0.351 e. The second kappa shape index (κ2) is 9.38. The third kappa shape index (κ3) is 4.76. The first-order valence-electron chi connectivity index (χ1n) is 11.2. The quantitative estimate of drug-likeness (QED) is 0.559. The topological polar surface area (TPSA) is 108 Å². The highest BCUT2D eigenvalue weighted by atomic mass is 32.1. The predicted octanol–water partition coefficient (Wildman–Crippen LogP) is 2.44. The number of amides is 5. The van der Waals surface area contributed by atoms with E-state index in [4.69, 9.17) is 0 Å². The average molecular weight is 447 g/mol. The van der Waals surface area contributed by atoms with Gasteiger partial charge in [-0.2, -0.15) is 0 Å². The van der Waals surface area contributed by atoms with E-state index in [1.807, 2.05) is 17.5 Å². The van der Waals surface area contributed by atoms with Crippen molar-refractivity contribution >= 4 is 35.1 Å².